The second kappa shape index (κ2) is 9.35. The Morgan fingerprint density at radius 3 is 2.12 bits per heavy atom. The molecule has 1 aliphatic carbocycles. The zero-order valence-corrected chi connectivity index (χ0v) is 19.2. The van der Waals surface area contributed by atoms with Crippen molar-refractivity contribution < 1.29 is 23.9 Å². The first-order valence-electron chi connectivity index (χ1n) is 11.0. The highest BCUT2D eigenvalue weighted by Gasteiger charge is 2.53. The van der Waals surface area contributed by atoms with E-state index >= 15 is 0 Å². The molecular formula is C25H25ClN2O5. The first kappa shape index (κ1) is 23.0. The summed E-state index contributed by atoms with van der Waals surface area (Å²) in [7, 11) is 1.52. The van der Waals surface area contributed by atoms with E-state index in [0.717, 1.165) is 22.9 Å². The van der Waals surface area contributed by atoms with Gasteiger partial charge in [0.1, 0.15) is 11.8 Å². The van der Waals surface area contributed by atoms with Gasteiger partial charge in [0.2, 0.25) is 0 Å². The maximum Gasteiger partial charge on any atom is 0.275 e. The number of amides is 3. The van der Waals surface area contributed by atoms with E-state index in [1.165, 1.54) is 20.1 Å². The Kier molecular flexibility index (Phi) is 6.51. The number of fused-ring (bicyclic) bond motifs is 1. The first-order valence-corrected chi connectivity index (χ1v) is 11.4. The van der Waals surface area contributed by atoms with Crippen LogP contribution < -0.4 is 4.74 Å². The minimum Gasteiger partial charge on any atom is -0.497 e. The summed E-state index contributed by atoms with van der Waals surface area (Å²) in [5.41, 5.74) is 0.445. The summed E-state index contributed by atoms with van der Waals surface area (Å²) in [5, 5.41) is 2.07. The number of ketones is 1. The van der Waals surface area contributed by atoms with Crippen molar-refractivity contribution in [2.24, 2.45) is 11.8 Å². The lowest BCUT2D eigenvalue weighted by molar-refractivity contribution is -0.156. The molecule has 0 spiro atoms. The van der Waals surface area contributed by atoms with Crippen molar-refractivity contribution >= 4 is 35.1 Å². The zero-order chi connectivity index (χ0) is 23.7. The second-order valence-corrected chi connectivity index (χ2v) is 8.79. The van der Waals surface area contributed by atoms with Crippen LogP contribution in [0.1, 0.15) is 53.3 Å². The Morgan fingerprint density at radius 1 is 1.00 bits per heavy atom. The lowest BCUT2D eigenvalue weighted by Gasteiger charge is -2.35. The predicted octanol–water partition coefficient (Wildman–Crippen LogP) is 4.15. The molecule has 1 saturated heterocycles. The third-order valence-corrected chi connectivity index (χ3v) is 6.80. The van der Waals surface area contributed by atoms with Gasteiger partial charge in [-0.05, 0) is 56.2 Å². The SMILES string of the molecule is COc1ccc(C(=O)[C@H](C)N(C(=O)c2ccccc2Cl)N2C(=O)[C@H]3CCCC[C@@H]3C2=O)cc1. The number of benzene rings is 2. The monoisotopic (exact) mass is 468 g/mol. The molecule has 4 rings (SSSR count). The van der Waals surface area contributed by atoms with Crippen LogP contribution in [0.4, 0.5) is 0 Å². The molecule has 1 saturated carbocycles. The Labute approximate surface area is 197 Å². The number of hydrogen-bond acceptors (Lipinski definition) is 5. The number of imide groups is 1. The quantitative estimate of drug-likeness (QED) is 0.469. The third kappa shape index (κ3) is 4.13. The Balaban J connectivity index is 1.75. The molecule has 0 unspecified atom stereocenters. The van der Waals surface area contributed by atoms with E-state index in [1.54, 1.807) is 42.5 Å². The molecule has 0 N–H and O–H groups in total. The summed E-state index contributed by atoms with van der Waals surface area (Å²) in [6.07, 6.45) is 2.90. The number of carbonyl (C=O) groups is 4. The molecule has 172 valence electrons. The standard InChI is InChI=1S/C25H25ClN2O5/c1-15(22(29)16-11-13-17(33-2)14-12-16)27(25(32)20-9-5-6-10-21(20)26)28-23(30)18-7-3-4-8-19(18)24(28)31/h5-6,9-15,18-19H,3-4,7-8H2,1-2H3/t15-,18-,19-/m0/s1. The maximum atomic E-state index is 13.7. The van der Waals surface area contributed by atoms with E-state index in [-0.39, 0.29) is 10.6 Å². The Morgan fingerprint density at radius 2 is 1.58 bits per heavy atom. The Bertz CT molecular complexity index is 1080. The molecule has 2 aromatic carbocycles. The van der Waals surface area contributed by atoms with Crippen LogP contribution >= 0.6 is 11.6 Å². The predicted molar refractivity (Wildman–Crippen MR) is 122 cm³/mol. The smallest absolute Gasteiger partial charge is 0.275 e. The van der Waals surface area contributed by atoms with Crippen LogP contribution in [0.25, 0.3) is 0 Å². The summed E-state index contributed by atoms with van der Waals surface area (Å²) in [6, 6.07) is 11.7. The summed E-state index contributed by atoms with van der Waals surface area (Å²) in [5.74, 6) is -2.29. The molecule has 0 bridgehead atoms. The van der Waals surface area contributed by atoms with Gasteiger partial charge in [-0.25, -0.2) is 5.01 Å². The highest BCUT2D eigenvalue weighted by Crippen LogP contribution is 2.39. The van der Waals surface area contributed by atoms with Gasteiger partial charge >= 0.3 is 0 Å². The molecule has 33 heavy (non-hydrogen) atoms. The van der Waals surface area contributed by atoms with Crippen molar-refractivity contribution in [1.29, 1.82) is 0 Å². The normalized spacial score (nSPS) is 20.9. The fraction of sp³-hybridized carbons (Fsp3) is 0.360. The van der Waals surface area contributed by atoms with Crippen LogP contribution in [0.3, 0.4) is 0 Å². The fourth-order valence-electron chi connectivity index (χ4n) is 4.66. The van der Waals surface area contributed by atoms with Gasteiger partial charge in [-0.1, -0.05) is 36.6 Å². The number of Topliss-reactive ketones (excluding diaryl/α,β-unsaturated/α-hetero) is 1. The van der Waals surface area contributed by atoms with Crippen LogP contribution in [0.2, 0.25) is 5.02 Å². The van der Waals surface area contributed by atoms with Gasteiger partial charge in [-0.2, -0.15) is 5.01 Å². The second-order valence-electron chi connectivity index (χ2n) is 8.38. The number of ether oxygens (including phenoxy) is 1. The van der Waals surface area contributed by atoms with E-state index in [9.17, 15) is 19.2 Å². The van der Waals surface area contributed by atoms with Gasteiger partial charge in [-0.3, -0.25) is 19.2 Å². The van der Waals surface area contributed by atoms with E-state index in [2.05, 4.69) is 0 Å². The topological polar surface area (TPSA) is 84.0 Å². The molecule has 1 heterocycles. The van der Waals surface area contributed by atoms with Crippen molar-refractivity contribution in [3.8, 4) is 5.75 Å². The number of methoxy groups -OCH3 is 1. The van der Waals surface area contributed by atoms with Crippen LogP contribution in [0.5, 0.6) is 5.75 Å². The minimum absolute atomic E-state index is 0.115. The summed E-state index contributed by atoms with van der Waals surface area (Å²) >= 11 is 6.26. The van der Waals surface area contributed by atoms with Crippen LogP contribution in [0.15, 0.2) is 48.5 Å². The average molecular weight is 469 g/mol. The van der Waals surface area contributed by atoms with E-state index in [0.29, 0.717) is 24.2 Å². The maximum absolute atomic E-state index is 13.7. The van der Waals surface area contributed by atoms with Gasteiger partial charge < -0.3 is 4.74 Å². The highest BCUT2D eigenvalue weighted by atomic mass is 35.5. The Hall–Kier alpha value is -3.19. The number of nitrogens with zero attached hydrogens (tertiary/aromatic N) is 2. The van der Waals surface area contributed by atoms with Gasteiger partial charge in [-0.15, -0.1) is 0 Å². The molecule has 2 fully saturated rings. The molecule has 7 nitrogen and oxygen atoms in total. The molecule has 3 atom stereocenters. The van der Waals surface area contributed by atoms with Crippen molar-refractivity contribution in [2.75, 3.05) is 7.11 Å². The van der Waals surface area contributed by atoms with Gasteiger partial charge in [0.15, 0.2) is 5.78 Å². The average Bonchev–Trinajstić information content (AvgIpc) is 3.09. The minimum atomic E-state index is -1.12. The highest BCUT2D eigenvalue weighted by molar-refractivity contribution is 6.34. The molecule has 1 aliphatic heterocycles. The van der Waals surface area contributed by atoms with E-state index in [1.807, 2.05) is 0 Å². The first-order chi connectivity index (χ1) is 15.8. The lowest BCUT2D eigenvalue weighted by atomic mass is 9.81. The number of halogens is 1. The number of rotatable bonds is 6. The van der Waals surface area contributed by atoms with Gasteiger partial charge in [0, 0.05) is 5.56 Å². The summed E-state index contributed by atoms with van der Waals surface area (Å²) < 4.78 is 5.14. The summed E-state index contributed by atoms with van der Waals surface area (Å²) in [6.45, 7) is 1.52. The van der Waals surface area contributed by atoms with Crippen LogP contribution in [-0.4, -0.2) is 46.7 Å². The molecular weight excluding hydrogens is 444 g/mol. The van der Waals surface area contributed by atoms with Crippen molar-refractivity contribution in [2.45, 2.75) is 38.6 Å². The lowest BCUT2D eigenvalue weighted by Crippen LogP contribution is -2.56. The van der Waals surface area contributed by atoms with Gasteiger partial charge in [0.05, 0.1) is 29.5 Å². The molecule has 2 aromatic rings. The van der Waals surface area contributed by atoms with E-state index in [4.69, 9.17) is 16.3 Å². The number of hydrogen-bond donors (Lipinski definition) is 0. The van der Waals surface area contributed by atoms with Crippen molar-refractivity contribution in [3.63, 3.8) is 0 Å². The zero-order valence-electron chi connectivity index (χ0n) is 18.5. The molecule has 0 radical (unpaired) electrons. The van der Waals surface area contributed by atoms with Crippen molar-refractivity contribution in [3.05, 3.63) is 64.7 Å². The van der Waals surface area contributed by atoms with Gasteiger partial charge in [0.25, 0.3) is 17.7 Å². The van der Waals surface area contributed by atoms with Crippen LogP contribution in [0, 0.1) is 11.8 Å². The third-order valence-electron chi connectivity index (χ3n) is 6.47. The molecule has 8 heteroatoms. The van der Waals surface area contributed by atoms with E-state index < -0.39 is 41.4 Å². The molecule has 0 aromatic heterocycles. The fourth-order valence-corrected chi connectivity index (χ4v) is 4.88. The van der Waals surface area contributed by atoms with Crippen molar-refractivity contribution in [1.82, 2.24) is 10.0 Å². The summed E-state index contributed by atoms with van der Waals surface area (Å²) in [4.78, 5) is 53.6. The van der Waals surface area contributed by atoms with Crippen LogP contribution in [-0.2, 0) is 9.59 Å². The number of carbonyl (C=O) groups excluding carboxylic acids is 4. The number of hydrazine groups is 1. The largest absolute Gasteiger partial charge is 0.497 e. The molecule has 3 amide bonds. The molecule has 2 aliphatic rings.